The van der Waals surface area contributed by atoms with Gasteiger partial charge in [0.15, 0.2) is 5.96 Å². The van der Waals surface area contributed by atoms with Crippen molar-refractivity contribution in [3.05, 3.63) is 30.3 Å². The van der Waals surface area contributed by atoms with Crippen molar-refractivity contribution in [2.75, 3.05) is 33.3 Å². The van der Waals surface area contributed by atoms with Crippen LogP contribution < -0.4 is 20.7 Å². The van der Waals surface area contributed by atoms with Gasteiger partial charge in [0.25, 0.3) is 0 Å². The second-order valence-electron chi connectivity index (χ2n) is 6.37. The van der Waals surface area contributed by atoms with E-state index in [0.29, 0.717) is 32.2 Å². The van der Waals surface area contributed by atoms with E-state index in [1.165, 1.54) is 0 Å². The Hall–Kier alpha value is -2.44. The van der Waals surface area contributed by atoms with Gasteiger partial charge in [-0.1, -0.05) is 18.2 Å². The molecule has 1 rings (SSSR count). The van der Waals surface area contributed by atoms with Gasteiger partial charge in [-0.05, 0) is 39.3 Å². The van der Waals surface area contributed by atoms with Crippen LogP contribution in [0.4, 0.5) is 4.79 Å². The Labute approximate surface area is 150 Å². The summed E-state index contributed by atoms with van der Waals surface area (Å²) in [6.07, 6.45) is 0.369. The van der Waals surface area contributed by atoms with Crippen molar-refractivity contribution in [2.45, 2.75) is 32.8 Å². The second kappa shape index (κ2) is 11.2. The first-order valence-corrected chi connectivity index (χ1v) is 8.50. The number of rotatable bonds is 8. The van der Waals surface area contributed by atoms with Crippen LogP contribution in [-0.4, -0.2) is 50.9 Å². The molecule has 1 amide bonds. The van der Waals surface area contributed by atoms with Crippen molar-refractivity contribution >= 4 is 12.1 Å². The summed E-state index contributed by atoms with van der Waals surface area (Å²) in [5.74, 6) is 1.55. The number of nitrogens with zero attached hydrogens (tertiary/aromatic N) is 1. The molecule has 0 saturated carbocycles. The van der Waals surface area contributed by atoms with E-state index in [4.69, 9.17) is 9.47 Å². The molecule has 7 heteroatoms. The van der Waals surface area contributed by atoms with Crippen molar-refractivity contribution in [1.82, 2.24) is 16.0 Å². The Kier molecular flexibility index (Phi) is 9.21. The first kappa shape index (κ1) is 20.6. The maximum absolute atomic E-state index is 11.5. The molecule has 0 heterocycles. The lowest BCUT2D eigenvalue weighted by Gasteiger charge is -2.19. The van der Waals surface area contributed by atoms with Crippen LogP contribution in [0.5, 0.6) is 5.75 Å². The molecular weight excluding hydrogens is 320 g/mol. The van der Waals surface area contributed by atoms with Gasteiger partial charge in [-0.2, -0.15) is 0 Å². The van der Waals surface area contributed by atoms with Gasteiger partial charge in [-0.3, -0.25) is 4.99 Å². The third-order valence-corrected chi connectivity index (χ3v) is 2.94. The molecule has 1 aromatic carbocycles. The number of benzene rings is 1. The number of carbonyl (C=O) groups is 1. The number of aliphatic imine (C=N–C) groups is 1. The highest BCUT2D eigenvalue weighted by atomic mass is 16.6. The van der Waals surface area contributed by atoms with Gasteiger partial charge in [0.1, 0.15) is 18.0 Å². The molecule has 25 heavy (non-hydrogen) atoms. The van der Waals surface area contributed by atoms with Crippen molar-refractivity contribution < 1.29 is 14.3 Å². The Morgan fingerprint density at radius 3 is 2.32 bits per heavy atom. The van der Waals surface area contributed by atoms with Crippen LogP contribution in [0.2, 0.25) is 0 Å². The topological polar surface area (TPSA) is 84.0 Å². The molecule has 0 unspecified atom stereocenters. The zero-order valence-electron chi connectivity index (χ0n) is 15.6. The van der Waals surface area contributed by atoms with Crippen molar-refractivity contribution in [3.63, 3.8) is 0 Å². The van der Waals surface area contributed by atoms with E-state index in [0.717, 1.165) is 12.2 Å². The van der Waals surface area contributed by atoms with Crippen LogP contribution in [0.25, 0.3) is 0 Å². The predicted molar refractivity (Wildman–Crippen MR) is 100 cm³/mol. The van der Waals surface area contributed by atoms with E-state index in [2.05, 4.69) is 20.9 Å². The average Bonchev–Trinajstić information content (AvgIpc) is 2.55. The van der Waals surface area contributed by atoms with Gasteiger partial charge in [0.2, 0.25) is 0 Å². The first-order chi connectivity index (χ1) is 11.9. The van der Waals surface area contributed by atoms with E-state index in [1.807, 2.05) is 51.1 Å². The molecule has 0 aliphatic rings. The summed E-state index contributed by atoms with van der Waals surface area (Å²) in [7, 11) is 1.71. The van der Waals surface area contributed by atoms with E-state index >= 15 is 0 Å². The minimum absolute atomic E-state index is 0.395. The number of hydrogen-bond acceptors (Lipinski definition) is 4. The molecule has 0 radical (unpaired) electrons. The highest BCUT2D eigenvalue weighted by Crippen LogP contribution is 2.07. The normalized spacial score (nSPS) is 11.6. The van der Waals surface area contributed by atoms with Gasteiger partial charge in [-0.15, -0.1) is 0 Å². The fourth-order valence-electron chi connectivity index (χ4n) is 1.88. The van der Waals surface area contributed by atoms with Crippen molar-refractivity contribution in [1.29, 1.82) is 0 Å². The highest BCUT2D eigenvalue weighted by molar-refractivity contribution is 5.79. The molecule has 140 valence electrons. The quantitative estimate of drug-likeness (QED) is 0.380. The third kappa shape index (κ3) is 10.9. The minimum Gasteiger partial charge on any atom is -0.492 e. The molecule has 0 bridgehead atoms. The summed E-state index contributed by atoms with van der Waals surface area (Å²) >= 11 is 0. The number of nitrogens with one attached hydrogen (secondary N) is 3. The molecule has 0 fully saturated rings. The Balaban J connectivity index is 2.07. The summed E-state index contributed by atoms with van der Waals surface area (Å²) in [4.78, 5) is 15.6. The first-order valence-electron chi connectivity index (χ1n) is 8.50. The standard InChI is InChI=1S/C18H30N4O3/c1-18(2,3)25-17(23)22-12-8-11-20-16(19-4)21-13-14-24-15-9-6-5-7-10-15/h5-7,9-10H,8,11-14H2,1-4H3,(H,22,23)(H2,19,20,21). The molecule has 0 spiro atoms. The fraction of sp³-hybridized carbons (Fsp3) is 0.556. The number of guanidine groups is 1. The number of ether oxygens (including phenoxy) is 2. The molecule has 1 aromatic rings. The molecule has 0 atom stereocenters. The van der Waals surface area contributed by atoms with Gasteiger partial charge in [0, 0.05) is 20.1 Å². The number of hydrogen-bond donors (Lipinski definition) is 3. The Bertz CT molecular complexity index is 527. The Morgan fingerprint density at radius 2 is 1.68 bits per heavy atom. The third-order valence-electron chi connectivity index (χ3n) is 2.94. The molecule has 0 aliphatic heterocycles. The fourth-order valence-corrected chi connectivity index (χ4v) is 1.88. The molecule has 0 saturated heterocycles. The summed E-state index contributed by atoms with van der Waals surface area (Å²) in [5.41, 5.74) is -0.476. The summed E-state index contributed by atoms with van der Waals surface area (Å²) in [5, 5.41) is 9.07. The van der Waals surface area contributed by atoms with Crippen LogP contribution >= 0.6 is 0 Å². The lowest BCUT2D eigenvalue weighted by Crippen LogP contribution is -2.40. The number of amides is 1. The average molecular weight is 350 g/mol. The summed E-state index contributed by atoms with van der Waals surface area (Å²) < 4.78 is 10.8. The smallest absolute Gasteiger partial charge is 0.407 e. The van der Waals surface area contributed by atoms with E-state index in [9.17, 15) is 4.79 Å². The molecule has 0 aliphatic carbocycles. The largest absolute Gasteiger partial charge is 0.492 e. The van der Waals surface area contributed by atoms with Gasteiger partial charge < -0.3 is 25.4 Å². The molecule has 7 nitrogen and oxygen atoms in total. The predicted octanol–water partition coefficient (Wildman–Crippen LogP) is 2.15. The van der Waals surface area contributed by atoms with Crippen molar-refractivity contribution in [2.24, 2.45) is 4.99 Å². The highest BCUT2D eigenvalue weighted by Gasteiger charge is 2.15. The van der Waals surface area contributed by atoms with Crippen LogP contribution in [0.1, 0.15) is 27.2 Å². The van der Waals surface area contributed by atoms with Gasteiger partial charge in [0.05, 0.1) is 6.54 Å². The lowest BCUT2D eigenvalue weighted by atomic mass is 10.2. The number of para-hydroxylation sites is 1. The maximum atomic E-state index is 11.5. The summed E-state index contributed by atoms with van der Waals surface area (Å²) in [6.45, 7) is 7.93. The zero-order chi connectivity index (χ0) is 18.5. The van der Waals surface area contributed by atoms with E-state index in [1.54, 1.807) is 7.05 Å². The molecule has 0 aromatic heterocycles. The van der Waals surface area contributed by atoms with Crippen molar-refractivity contribution in [3.8, 4) is 5.75 Å². The number of carbonyl (C=O) groups excluding carboxylic acids is 1. The maximum Gasteiger partial charge on any atom is 0.407 e. The monoisotopic (exact) mass is 350 g/mol. The van der Waals surface area contributed by atoms with Crippen LogP contribution in [0, 0.1) is 0 Å². The SMILES string of the molecule is CN=C(NCCCNC(=O)OC(C)(C)C)NCCOc1ccccc1. The minimum atomic E-state index is -0.476. The second-order valence-corrected chi connectivity index (χ2v) is 6.37. The van der Waals surface area contributed by atoms with Crippen LogP contribution in [-0.2, 0) is 4.74 Å². The zero-order valence-corrected chi connectivity index (χ0v) is 15.6. The molecular formula is C18H30N4O3. The van der Waals surface area contributed by atoms with Crippen LogP contribution in [0.3, 0.4) is 0 Å². The molecule has 3 N–H and O–H groups in total. The lowest BCUT2D eigenvalue weighted by molar-refractivity contribution is 0.0527. The Morgan fingerprint density at radius 1 is 1.04 bits per heavy atom. The number of alkyl carbamates (subject to hydrolysis) is 1. The van der Waals surface area contributed by atoms with Gasteiger partial charge in [-0.25, -0.2) is 4.79 Å². The van der Waals surface area contributed by atoms with Gasteiger partial charge >= 0.3 is 6.09 Å². The van der Waals surface area contributed by atoms with Crippen LogP contribution in [0.15, 0.2) is 35.3 Å². The summed E-state index contributed by atoms with van der Waals surface area (Å²) in [6, 6.07) is 9.67. The van der Waals surface area contributed by atoms with E-state index < -0.39 is 11.7 Å². The van der Waals surface area contributed by atoms with E-state index in [-0.39, 0.29) is 0 Å².